The second-order valence-electron chi connectivity index (χ2n) is 7.73. The molecule has 7 nitrogen and oxygen atoms in total. The van der Waals surface area contributed by atoms with Crippen LogP contribution in [0.3, 0.4) is 0 Å². The number of carbonyl (C=O) groups is 2. The Labute approximate surface area is 186 Å². The van der Waals surface area contributed by atoms with E-state index in [1.165, 1.54) is 24.3 Å². The molecule has 0 aliphatic heterocycles. The largest absolute Gasteiger partial charge is 0.349 e. The normalized spacial score (nSPS) is 13.3. The van der Waals surface area contributed by atoms with Gasteiger partial charge in [-0.3, -0.25) is 14.3 Å². The predicted molar refractivity (Wildman–Crippen MR) is 123 cm³/mol. The van der Waals surface area contributed by atoms with Crippen molar-refractivity contribution in [3.8, 4) is 0 Å². The van der Waals surface area contributed by atoms with Crippen molar-refractivity contribution in [3.05, 3.63) is 89.5 Å². The molecule has 1 saturated carbocycles. The second kappa shape index (κ2) is 8.84. The first-order valence-electron chi connectivity index (χ1n) is 10.2. The van der Waals surface area contributed by atoms with Gasteiger partial charge in [0.25, 0.3) is 21.8 Å². The molecule has 0 saturated heterocycles. The van der Waals surface area contributed by atoms with Crippen molar-refractivity contribution < 1.29 is 18.0 Å². The molecular weight excluding hydrogens is 426 g/mol. The summed E-state index contributed by atoms with van der Waals surface area (Å²) in [5, 5.41) is 5.65. The van der Waals surface area contributed by atoms with Gasteiger partial charge in [-0.1, -0.05) is 24.3 Å². The van der Waals surface area contributed by atoms with Crippen LogP contribution in [0.4, 0.5) is 11.4 Å². The van der Waals surface area contributed by atoms with Crippen LogP contribution in [-0.2, 0) is 10.0 Å². The summed E-state index contributed by atoms with van der Waals surface area (Å²) in [4.78, 5) is 24.9. The van der Waals surface area contributed by atoms with Gasteiger partial charge in [-0.25, -0.2) is 8.42 Å². The first-order chi connectivity index (χ1) is 15.3. The van der Waals surface area contributed by atoms with Crippen LogP contribution in [0.1, 0.15) is 39.1 Å². The van der Waals surface area contributed by atoms with Crippen molar-refractivity contribution >= 4 is 33.2 Å². The Kier molecular flexibility index (Phi) is 5.96. The maximum Gasteiger partial charge on any atom is 0.261 e. The topological polar surface area (TPSA) is 104 Å². The summed E-state index contributed by atoms with van der Waals surface area (Å²) in [6, 6.07) is 19.7. The number of benzene rings is 3. The fourth-order valence-electron chi connectivity index (χ4n) is 3.11. The van der Waals surface area contributed by atoms with Gasteiger partial charge in [0.1, 0.15) is 0 Å². The van der Waals surface area contributed by atoms with Crippen molar-refractivity contribution in [3.63, 3.8) is 0 Å². The third-order valence-electron chi connectivity index (χ3n) is 5.11. The zero-order valence-electron chi connectivity index (χ0n) is 17.5. The van der Waals surface area contributed by atoms with Crippen molar-refractivity contribution in [1.29, 1.82) is 0 Å². The van der Waals surface area contributed by atoms with Crippen molar-refractivity contribution in [2.45, 2.75) is 30.7 Å². The number of hydrogen-bond acceptors (Lipinski definition) is 4. The number of sulfonamides is 1. The molecule has 32 heavy (non-hydrogen) atoms. The maximum atomic E-state index is 12.7. The number of amides is 2. The standard InChI is InChI=1S/C24H23N3O4S/c1-16-5-2-3-8-22(16)27-32(30,31)21-13-9-17(10-14-21)23(28)26-20-7-4-6-18(15-20)24(29)25-19-11-12-19/h2-10,13-15,19,27H,11-12H2,1H3,(H,25,29)(H,26,28). The number of hydrogen-bond donors (Lipinski definition) is 3. The van der Waals surface area contributed by atoms with Gasteiger partial charge in [0.2, 0.25) is 0 Å². The predicted octanol–water partition coefficient (Wildman–Crippen LogP) is 3.94. The molecule has 4 rings (SSSR count). The van der Waals surface area contributed by atoms with E-state index in [1.54, 1.807) is 36.4 Å². The summed E-state index contributed by atoms with van der Waals surface area (Å²) in [6.45, 7) is 1.82. The van der Waals surface area contributed by atoms with Gasteiger partial charge in [0.15, 0.2) is 0 Å². The van der Waals surface area contributed by atoms with Gasteiger partial charge >= 0.3 is 0 Å². The molecule has 0 heterocycles. The van der Waals surface area contributed by atoms with E-state index in [-0.39, 0.29) is 16.8 Å². The SMILES string of the molecule is Cc1ccccc1NS(=O)(=O)c1ccc(C(=O)Nc2cccc(C(=O)NC3CC3)c2)cc1. The lowest BCUT2D eigenvalue weighted by atomic mass is 10.1. The highest BCUT2D eigenvalue weighted by Crippen LogP contribution is 2.21. The molecule has 164 valence electrons. The fraction of sp³-hybridized carbons (Fsp3) is 0.167. The Bertz CT molecular complexity index is 1270. The van der Waals surface area contributed by atoms with E-state index in [0.717, 1.165) is 18.4 Å². The van der Waals surface area contributed by atoms with Crippen LogP contribution in [0, 0.1) is 6.92 Å². The molecule has 0 radical (unpaired) electrons. The highest BCUT2D eigenvalue weighted by molar-refractivity contribution is 7.92. The molecule has 3 N–H and O–H groups in total. The summed E-state index contributed by atoms with van der Waals surface area (Å²) in [5.41, 5.74) is 2.56. The minimum atomic E-state index is -3.78. The monoisotopic (exact) mass is 449 g/mol. The molecule has 8 heteroatoms. The zero-order chi connectivity index (χ0) is 22.7. The highest BCUT2D eigenvalue weighted by atomic mass is 32.2. The van der Waals surface area contributed by atoms with E-state index in [9.17, 15) is 18.0 Å². The van der Waals surface area contributed by atoms with Crippen LogP contribution in [-0.4, -0.2) is 26.3 Å². The molecule has 2 amide bonds. The number of rotatable bonds is 7. The average molecular weight is 450 g/mol. The van der Waals surface area contributed by atoms with Gasteiger partial charge in [-0.05, 0) is 73.9 Å². The first kappa shape index (κ1) is 21.6. The Hall–Kier alpha value is -3.65. The third kappa shape index (κ3) is 5.15. The summed E-state index contributed by atoms with van der Waals surface area (Å²) in [7, 11) is -3.78. The van der Waals surface area contributed by atoms with Crippen molar-refractivity contribution in [1.82, 2.24) is 5.32 Å². The van der Waals surface area contributed by atoms with E-state index in [4.69, 9.17) is 0 Å². The van der Waals surface area contributed by atoms with Crippen LogP contribution in [0.5, 0.6) is 0 Å². The average Bonchev–Trinajstić information content (AvgIpc) is 3.59. The molecular formula is C24H23N3O4S. The molecule has 0 unspecified atom stereocenters. The summed E-state index contributed by atoms with van der Waals surface area (Å²) in [5.74, 6) is -0.570. The first-order valence-corrected chi connectivity index (χ1v) is 11.7. The van der Waals surface area contributed by atoms with Crippen molar-refractivity contribution in [2.75, 3.05) is 10.0 Å². The maximum absolute atomic E-state index is 12.7. The van der Waals surface area contributed by atoms with Gasteiger partial charge < -0.3 is 10.6 Å². The Morgan fingerprint density at radius 1 is 0.844 bits per heavy atom. The zero-order valence-corrected chi connectivity index (χ0v) is 18.3. The van der Waals surface area contributed by atoms with Gasteiger partial charge in [0, 0.05) is 22.9 Å². The molecule has 1 aliphatic carbocycles. The smallest absolute Gasteiger partial charge is 0.261 e. The lowest BCUT2D eigenvalue weighted by molar-refractivity contribution is 0.0949. The van der Waals surface area contributed by atoms with Crippen LogP contribution in [0.15, 0.2) is 77.7 Å². The molecule has 0 spiro atoms. The van der Waals surface area contributed by atoms with Crippen molar-refractivity contribution in [2.24, 2.45) is 0 Å². The van der Waals surface area contributed by atoms with E-state index in [2.05, 4.69) is 15.4 Å². The third-order valence-corrected chi connectivity index (χ3v) is 6.49. The van der Waals surface area contributed by atoms with Gasteiger partial charge in [0.05, 0.1) is 10.6 Å². The minimum Gasteiger partial charge on any atom is -0.349 e. The molecule has 1 fully saturated rings. The lowest BCUT2D eigenvalue weighted by Gasteiger charge is -2.11. The Balaban J connectivity index is 1.44. The molecule has 0 atom stereocenters. The minimum absolute atomic E-state index is 0.0519. The number of para-hydroxylation sites is 1. The molecule has 1 aliphatic rings. The molecule has 3 aromatic carbocycles. The highest BCUT2D eigenvalue weighted by Gasteiger charge is 2.24. The van der Waals surface area contributed by atoms with Gasteiger partial charge in [-0.15, -0.1) is 0 Å². The van der Waals surface area contributed by atoms with E-state index in [1.807, 2.05) is 19.1 Å². The Morgan fingerprint density at radius 3 is 2.25 bits per heavy atom. The van der Waals surface area contributed by atoms with Crippen LogP contribution < -0.4 is 15.4 Å². The van der Waals surface area contributed by atoms with E-state index < -0.39 is 15.9 Å². The second-order valence-corrected chi connectivity index (χ2v) is 9.41. The fourth-order valence-corrected chi connectivity index (χ4v) is 4.25. The van der Waals surface area contributed by atoms with E-state index in [0.29, 0.717) is 22.5 Å². The summed E-state index contributed by atoms with van der Waals surface area (Å²) in [6.07, 6.45) is 1.99. The quantitative estimate of drug-likeness (QED) is 0.508. The van der Waals surface area contributed by atoms with Crippen LogP contribution in [0.2, 0.25) is 0 Å². The number of aryl methyl sites for hydroxylation is 1. The molecule has 3 aromatic rings. The summed E-state index contributed by atoms with van der Waals surface area (Å²) >= 11 is 0. The lowest BCUT2D eigenvalue weighted by Crippen LogP contribution is -2.25. The molecule has 0 bridgehead atoms. The molecule has 0 aromatic heterocycles. The Morgan fingerprint density at radius 2 is 1.56 bits per heavy atom. The van der Waals surface area contributed by atoms with E-state index >= 15 is 0 Å². The number of nitrogens with one attached hydrogen (secondary N) is 3. The van der Waals surface area contributed by atoms with Crippen LogP contribution >= 0.6 is 0 Å². The van der Waals surface area contributed by atoms with Crippen LogP contribution in [0.25, 0.3) is 0 Å². The summed E-state index contributed by atoms with van der Waals surface area (Å²) < 4.78 is 27.9. The number of anilines is 2. The van der Waals surface area contributed by atoms with Gasteiger partial charge in [-0.2, -0.15) is 0 Å². The number of carbonyl (C=O) groups excluding carboxylic acids is 2.